The molecule has 1 atom stereocenters. The van der Waals surface area contributed by atoms with Crippen molar-refractivity contribution in [2.75, 3.05) is 25.1 Å². The fourth-order valence-corrected chi connectivity index (χ4v) is 2.16. The summed E-state index contributed by atoms with van der Waals surface area (Å²) >= 11 is 1.88. The summed E-state index contributed by atoms with van der Waals surface area (Å²) < 4.78 is 5.30. The fraction of sp³-hybridized carbons (Fsp3) is 0.933. The van der Waals surface area contributed by atoms with Crippen molar-refractivity contribution in [2.45, 2.75) is 59.1 Å². The predicted molar refractivity (Wildman–Crippen MR) is 88.5 cm³/mol. The molecule has 2 N–H and O–H groups in total. The molecule has 0 aromatic carbocycles. The van der Waals surface area contributed by atoms with Crippen LogP contribution in [0.5, 0.6) is 0 Å². The van der Waals surface area contributed by atoms with E-state index in [4.69, 9.17) is 4.74 Å². The average Bonchev–Trinajstić information content (AvgIpc) is 2.29. The van der Waals surface area contributed by atoms with Gasteiger partial charge in [-0.25, -0.2) is 4.79 Å². The number of amides is 1. The minimum Gasteiger partial charge on any atom is -0.444 e. The molecule has 0 rings (SSSR count). The van der Waals surface area contributed by atoms with E-state index in [1.807, 2.05) is 32.5 Å². The summed E-state index contributed by atoms with van der Waals surface area (Å²) in [5.74, 6) is 1.59. The van der Waals surface area contributed by atoms with Crippen LogP contribution >= 0.6 is 11.8 Å². The van der Waals surface area contributed by atoms with Crippen molar-refractivity contribution < 1.29 is 9.53 Å². The van der Waals surface area contributed by atoms with Crippen molar-refractivity contribution in [2.24, 2.45) is 5.92 Å². The molecule has 1 amide bonds. The van der Waals surface area contributed by atoms with Crippen molar-refractivity contribution in [3.8, 4) is 0 Å². The first kappa shape index (κ1) is 19.6. The van der Waals surface area contributed by atoms with Gasteiger partial charge in [0.25, 0.3) is 0 Å². The van der Waals surface area contributed by atoms with Gasteiger partial charge >= 0.3 is 6.09 Å². The Morgan fingerprint density at radius 2 is 1.90 bits per heavy atom. The van der Waals surface area contributed by atoms with Gasteiger partial charge in [-0.1, -0.05) is 13.8 Å². The molecule has 0 bridgehead atoms. The Hall–Kier alpha value is -0.420. The minimum atomic E-state index is -0.448. The first-order valence-electron chi connectivity index (χ1n) is 7.45. The van der Waals surface area contributed by atoms with Gasteiger partial charge < -0.3 is 15.4 Å². The van der Waals surface area contributed by atoms with Gasteiger partial charge in [-0.15, -0.1) is 0 Å². The van der Waals surface area contributed by atoms with E-state index >= 15 is 0 Å². The Labute approximate surface area is 128 Å². The molecule has 20 heavy (non-hydrogen) atoms. The molecule has 0 aliphatic rings. The van der Waals surface area contributed by atoms with E-state index in [1.165, 1.54) is 18.6 Å². The second-order valence-corrected chi connectivity index (χ2v) is 7.39. The van der Waals surface area contributed by atoms with Crippen LogP contribution in [0.2, 0.25) is 0 Å². The first-order chi connectivity index (χ1) is 9.26. The van der Waals surface area contributed by atoms with Crippen LogP contribution in [0.1, 0.15) is 47.5 Å². The molecule has 0 saturated heterocycles. The van der Waals surface area contributed by atoms with E-state index in [0.29, 0.717) is 5.92 Å². The van der Waals surface area contributed by atoms with E-state index < -0.39 is 5.60 Å². The second kappa shape index (κ2) is 10.3. The standard InChI is InChI=1S/C15H32N2O2S/c1-12(2)13(11-16-9-7-8-10-20-6)17-14(18)19-15(3,4)5/h12-13,16H,7-11H2,1-6H3,(H,17,18). The number of unbranched alkanes of at least 4 members (excludes halogenated alkanes) is 1. The van der Waals surface area contributed by atoms with Crippen molar-refractivity contribution in [3.63, 3.8) is 0 Å². The van der Waals surface area contributed by atoms with Crippen LogP contribution in [0.15, 0.2) is 0 Å². The Kier molecular flexibility index (Phi) is 10.1. The summed E-state index contributed by atoms with van der Waals surface area (Å²) in [7, 11) is 0. The molecule has 0 aromatic rings. The molecule has 0 aliphatic heterocycles. The van der Waals surface area contributed by atoms with Gasteiger partial charge in [-0.2, -0.15) is 11.8 Å². The molecule has 0 radical (unpaired) electrons. The highest BCUT2D eigenvalue weighted by Gasteiger charge is 2.20. The number of hydrogen-bond acceptors (Lipinski definition) is 4. The van der Waals surface area contributed by atoms with E-state index in [0.717, 1.165) is 13.1 Å². The number of alkyl carbamates (subject to hydrolysis) is 1. The van der Waals surface area contributed by atoms with Crippen LogP contribution in [0.4, 0.5) is 4.79 Å². The van der Waals surface area contributed by atoms with Crippen molar-refractivity contribution in [1.82, 2.24) is 10.6 Å². The monoisotopic (exact) mass is 304 g/mol. The van der Waals surface area contributed by atoms with Crippen molar-refractivity contribution in [3.05, 3.63) is 0 Å². The highest BCUT2D eigenvalue weighted by molar-refractivity contribution is 7.98. The highest BCUT2D eigenvalue weighted by atomic mass is 32.2. The smallest absolute Gasteiger partial charge is 0.407 e. The summed E-state index contributed by atoms with van der Waals surface area (Å²) in [6.07, 6.45) is 4.21. The second-order valence-electron chi connectivity index (χ2n) is 6.40. The summed E-state index contributed by atoms with van der Waals surface area (Å²) in [6, 6.07) is 0.102. The Bertz CT molecular complexity index is 265. The van der Waals surface area contributed by atoms with Crippen LogP contribution in [0.25, 0.3) is 0 Å². The normalized spacial score (nSPS) is 13.3. The zero-order valence-corrected chi connectivity index (χ0v) is 14.7. The molecule has 0 spiro atoms. The Balaban J connectivity index is 3.96. The maximum Gasteiger partial charge on any atom is 0.407 e. The molecule has 0 heterocycles. The van der Waals surface area contributed by atoms with E-state index in [9.17, 15) is 4.79 Å². The summed E-state index contributed by atoms with van der Waals surface area (Å²) in [5, 5.41) is 6.36. The lowest BCUT2D eigenvalue weighted by atomic mass is 10.0. The number of ether oxygens (including phenoxy) is 1. The van der Waals surface area contributed by atoms with Gasteiger partial charge in [0.2, 0.25) is 0 Å². The first-order valence-corrected chi connectivity index (χ1v) is 8.85. The third-order valence-electron chi connectivity index (χ3n) is 2.82. The topological polar surface area (TPSA) is 50.4 Å². The minimum absolute atomic E-state index is 0.102. The van der Waals surface area contributed by atoms with E-state index in [1.54, 1.807) is 0 Å². The molecular formula is C15H32N2O2S. The molecule has 4 nitrogen and oxygen atoms in total. The van der Waals surface area contributed by atoms with Crippen LogP contribution in [0.3, 0.4) is 0 Å². The van der Waals surface area contributed by atoms with Crippen LogP contribution in [-0.4, -0.2) is 42.8 Å². The zero-order chi connectivity index (χ0) is 15.6. The molecule has 1 unspecified atom stereocenters. The van der Waals surface area contributed by atoms with E-state index in [-0.39, 0.29) is 12.1 Å². The third-order valence-corrected chi connectivity index (χ3v) is 3.52. The molecule has 5 heteroatoms. The zero-order valence-electron chi connectivity index (χ0n) is 13.9. The number of thioether (sulfide) groups is 1. The molecule has 0 saturated carbocycles. The lowest BCUT2D eigenvalue weighted by molar-refractivity contribution is 0.0490. The molecular weight excluding hydrogens is 272 g/mol. The molecule has 0 aliphatic carbocycles. The van der Waals surface area contributed by atoms with Gasteiger partial charge in [-0.05, 0) is 58.1 Å². The van der Waals surface area contributed by atoms with Crippen LogP contribution < -0.4 is 10.6 Å². The van der Waals surface area contributed by atoms with Crippen LogP contribution in [0, 0.1) is 5.92 Å². The highest BCUT2D eigenvalue weighted by Crippen LogP contribution is 2.08. The predicted octanol–water partition coefficient (Wildman–Crippen LogP) is 3.27. The van der Waals surface area contributed by atoms with Crippen molar-refractivity contribution in [1.29, 1.82) is 0 Å². The number of nitrogens with one attached hydrogen (secondary N) is 2. The summed E-state index contributed by atoms with van der Waals surface area (Å²) in [4.78, 5) is 11.8. The quantitative estimate of drug-likeness (QED) is 0.642. The van der Waals surface area contributed by atoms with Gasteiger partial charge in [0.1, 0.15) is 5.60 Å². The number of carbonyl (C=O) groups is 1. The maximum absolute atomic E-state index is 11.8. The van der Waals surface area contributed by atoms with Gasteiger partial charge in [0.05, 0.1) is 0 Å². The number of hydrogen-bond donors (Lipinski definition) is 2. The summed E-state index contributed by atoms with van der Waals surface area (Å²) in [6.45, 7) is 11.6. The van der Waals surface area contributed by atoms with Gasteiger partial charge in [0.15, 0.2) is 0 Å². The Morgan fingerprint density at radius 1 is 1.25 bits per heavy atom. The molecule has 0 aromatic heterocycles. The number of rotatable bonds is 9. The summed E-state index contributed by atoms with van der Waals surface area (Å²) in [5.41, 5.74) is -0.448. The number of carbonyl (C=O) groups excluding carboxylic acids is 1. The van der Waals surface area contributed by atoms with E-state index in [2.05, 4.69) is 30.7 Å². The fourth-order valence-electron chi connectivity index (χ4n) is 1.67. The van der Waals surface area contributed by atoms with Gasteiger partial charge in [-0.3, -0.25) is 0 Å². The maximum atomic E-state index is 11.8. The molecule has 0 fully saturated rings. The van der Waals surface area contributed by atoms with Crippen molar-refractivity contribution >= 4 is 17.9 Å². The lowest BCUT2D eigenvalue weighted by Crippen LogP contribution is -2.47. The Morgan fingerprint density at radius 3 is 2.40 bits per heavy atom. The largest absolute Gasteiger partial charge is 0.444 e. The third kappa shape index (κ3) is 11.4. The molecule has 120 valence electrons. The SMILES string of the molecule is CSCCCCNCC(NC(=O)OC(C)(C)C)C(C)C. The lowest BCUT2D eigenvalue weighted by Gasteiger charge is -2.26. The average molecular weight is 305 g/mol. The van der Waals surface area contributed by atoms with Crippen LogP contribution in [-0.2, 0) is 4.74 Å². The van der Waals surface area contributed by atoms with Gasteiger partial charge in [0, 0.05) is 12.6 Å².